The first-order valence-corrected chi connectivity index (χ1v) is 6.37. The molecule has 17 heavy (non-hydrogen) atoms. The normalized spacial score (nSPS) is 20.9. The molecule has 1 saturated heterocycles. The fourth-order valence-electron chi connectivity index (χ4n) is 1.57. The molecule has 1 unspecified atom stereocenters. The SMILES string of the molecule is COC(=O)CC1CN(C(=NC#N)SC)CCO1. The number of nitriles is 1. The summed E-state index contributed by atoms with van der Waals surface area (Å²) in [5, 5.41) is 9.22. The average Bonchev–Trinajstić information content (AvgIpc) is 2.36. The van der Waals surface area contributed by atoms with Gasteiger partial charge in [0.2, 0.25) is 6.19 Å². The van der Waals surface area contributed by atoms with Crippen molar-refractivity contribution in [3.05, 3.63) is 0 Å². The number of thioether (sulfide) groups is 1. The van der Waals surface area contributed by atoms with Gasteiger partial charge < -0.3 is 14.4 Å². The van der Waals surface area contributed by atoms with Gasteiger partial charge in [-0.05, 0) is 6.26 Å². The second kappa shape index (κ2) is 7.14. The van der Waals surface area contributed by atoms with Crippen LogP contribution >= 0.6 is 11.8 Å². The summed E-state index contributed by atoms with van der Waals surface area (Å²) < 4.78 is 10.1. The van der Waals surface area contributed by atoms with Gasteiger partial charge in [-0.3, -0.25) is 4.79 Å². The molecule has 0 aliphatic carbocycles. The second-order valence-corrected chi connectivity index (χ2v) is 4.19. The summed E-state index contributed by atoms with van der Waals surface area (Å²) in [7, 11) is 1.35. The number of amidine groups is 1. The Hall–Kier alpha value is -1.26. The summed E-state index contributed by atoms with van der Waals surface area (Å²) in [6.07, 6.45) is 3.66. The van der Waals surface area contributed by atoms with Gasteiger partial charge in [-0.1, -0.05) is 11.8 Å². The predicted molar refractivity (Wildman–Crippen MR) is 64.5 cm³/mol. The number of aliphatic imine (C=N–C) groups is 1. The molecular formula is C10H15N3O3S. The van der Waals surface area contributed by atoms with Crippen LogP contribution in [0.4, 0.5) is 0 Å². The molecule has 0 N–H and O–H groups in total. The number of hydrogen-bond acceptors (Lipinski definition) is 6. The summed E-state index contributed by atoms with van der Waals surface area (Å²) in [5.74, 6) is -0.292. The number of carbonyl (C=O) groups excluding carboxylic acids is 1. The van der Waals surface area contributed by atoms with Crippen molar-refractivity contribution in [1.29, 1.82) is 5.26 Å². The van der Waals surface area contributed by atoms with E-state index in [0.717, 1.165) is 0 Å². The van der Waals surface area contributed by atoms with E-state index in [0.29, 0.717) is 24.9 Å². The molecule has 1 heterocycles. The van der Waals surface area contributed by atoms with Crippen molar-refractivity contribution < 1.29 is 14.3 Å². The Kier molecular flexibility index (Phi) is 5.80. The maximum Gasteiger partial charge on any atom is 0.308 e. The maximum absolute atomic E-state index is 11.1. The molecular weight excluding hydrogens is 242 g/mol. The number of nitrogens with zero attached hydrogens (tertiary/aromatic N) is 3. The molecule has 0 saturated carbocycles. The Bertz CT molecular complexity index is 340. The highest BCUT2D eigenvalue weighted by Crippen LogP contribution is 2.14. The summed E-state index contributed by atoms with van der Waals surface area (Å²) in [5.41, 5.74) is 0. The van der Waals surface area contributed by atoms with Gasteiger partial charge in [0.25, 0.3) is 0 Å². The Labute approximate surface area is 105 Å². The lowest BCUT2D eigenvalue weighted by Gasteiger charge is -2.33. The second-order valence-electron chi connectivity index (χ2n) is 3.42. The molecule has 1 atom stereocenters. The number of esters is 1. The lowest BCUT2D eigenvalue weighted by Crippen LogP contribution is -2.45. The highest BCUT2D eigenvalue weighted by molar-refractivity contribution is 8.13. The van der Waals surface area contributed by atoms with E-state index in [1.165, 1.54) is 18.9 Å². The highest BCUT2D eigenvalue weighted by atomic mass is 32.2. The van der Waals surface area contributed by atoms with E-state index in [1.54, 1.807) is 6.19 Å². The molecule has 0 aromatic carbocycles. The summed E-state index contributed by atoms with van der Waals surface area (Å²) in [6, 6.07) is 0. The van der Waals surface area contributed by atoms with Gasteiger partial charge in [0.05, 0.1) is 26.2 Å². The van der Waals surface area contributed by atoms with Gasteiger partial charge >= 0.3 is 5.97 Å². The molecule has 0 spiro atoms. The highest BCUT2D eigenvalue weighted by Gasteiger charge is 2.25. The number of hydrogen-bond donors (Lipinski definition) is 0. The zero-order valence-electron chi connectivity index (χ0n) is 9.88. The predicted octanol–water partition coefficient (Wildman–Crippen LogP) is 0.450. The first-order chi connectivity index (χ1) is 8.21. The van der Waals surface area contributed by atoms with Crippen molar-refractivity contribution in [2.24, 2.45) is 4.99 Å². The smallest absolute Gasteiger partial charge is 0.308 e. The van der Waals surface area contributed by atoms with Crippen molar-refractivity contribution in [3.63, 3.8) is 0 Å². The summed E-state index contributed by atoms with van der Waals surface area (Å²) in [6.45, 7) is 1.75. The number of carbonyl (C=O) groups is 1. The number of morpholine rings is 1. The van der Waals surface area contributed by atoms with Crippen LogP contribution in [-0.4, -0.2) is 55.2 Å². The van der Waals surface area contributed by atoms with Crippen LogP contribution in [-0.2, 0) is 14.3 Å². The molecule has 7 heteroatoms. The average molecular weight is 257 g/mol. The zero-order valence-corrected chi connectivity index (χ0v) is 10.7. The van der Waals surface area contributed by atoms with Gasteiger partial charge in [-0.2, -0.15) is 5.26 Å². The largest absolute Gasteiger partial charge is 0.469 e. The van der Waals surface area contributed by atoms with Gasteiger partial charge in [0.1, 0.15) is 0 Å². The summed E-state index contributed by atoms with van der Waals surface area (Å²) >= 11 is 1.41. The topological polar surface area (TPSA) is 74.9 Å². The van der Waals surface area contributed by atoms with E-state index in [9.17, 15) is 4.79 Å². The van der Waals surface area contributed by atoms with Crippen LogP contribution < -0.4 is 0 Å². The molecule has 0 amide bonds. The van der Waals surface area contributed by atoms with Crippen LogP contribution in [0.2, 0.25) is 0 Å². The quantitative estimate of drug-likeness (QED) is 0.309. The van der Waals surface area contributed by atoms with E-state index in [-0.39, 0.29) is 18.5 Å². The Morgan fingerprint density at radius 1 is 1.76 bits per heavy atom. The molecule has 0 aromatic heterocycles. The van der Waals surface area contributed by atoms with Crippen LogP contribution in [0.1, 0.15) is 6.42 Å². The zero-order chi connectivity index (χ0) is 12.7. The third kappa shape index (κ3) is 4.24. The number of methoxy groups -OCH3 is 1. The first-order valence-electron chi connectivity index (χ1n) is 5.15. The fourth-order valence-corrected chi connectivity index (χ4v) is 2.13. The van der Waals surface area contributed by atoms with Crippen LogP contribution in [0.5, 0.6) is 0 Å². The monoisotopic (exact) mass is 257 g/mol. The number of ether oxygens (including phenoxy) is 2. The Balaban J connectivity index is 2.57. The van der Waals surface area contributed by atoms with Crippen LogP contribution in [0.15, 0.2) is 4.99 Å². The summed E-state index contributed by atoms with van der Waals surface area (Å²) in [4.78, 5) is 16.8. The van der Waals surface area contributed by atoms with Crippen LogP contribution in [0.3, 0.4) is 0 Å². The number of rotatable bonds is 2. The molecule has 1 rings (SSSR count). The van der Waals surface area contributed by atoms with E-state index < -0.39 is 0 Å². The Morgan fingerprint density at radius 2 is 2.53 bits per heavy atom. The third-order valence-corrected chi connectivity index (χ3v) is 3.07. The van der Waals surface area contributed by atoms with Crippen molar-refractivity contribution in [1.82, 2.24) is 4.90 Å². The van der Waals surface area contributed by atoms with E-state index in [4.69, 9.17) is 10.00 Å². The molecule has 0 bridgehead atoms. The molecule has 0 radical (unpaired) electrons. The molecule has 1 aliphatic heterocycles. The van der Waals surface area contributed by atoms with E-state index >= 15 is 0 Å². The molecule has 1 fully saturated rings. The van der Waals surface area contributed by atoms with Crippen LogP contribution in [0, 0.1) is 11.5 Å². The standard InChI is InChI=1S/C10H15N3O3S/c1-15-9(14)5-8-6-13(3-4-16-8)10(17-2)12-7-11/h8H,3-6H2,1-2H3. The van der Waals surface area contributed by atoms with Crippen LogP contribution in [0.25, 0.3) is 0 Å². The van der Waals surface area contributed by atoms with Gasteiger partial charge in [0.15, 0.2) is 5.17 Å². The van der Waals surface area contributed by atoms with Crippen molar-refractivity contribution in [2.75, 3.05) is 33.1 Å². The molecule has 6 nitrogen and oxygen atoms in total. The van der Waals surface area contributed by atoms with Gasteiger partial charge in [0, 0.05) is 13.1 Å². The fraction of sp³-hybridized carbons (Fsp3) is 0.700. The maximum atomic E-state index is 11.1. The molecule has 1 aliphatic rings. The minimum atomic E-state index is -0.292. The van der Waals surface area contributed by atoms with Crippen molar-refractivity contribution in [3.8, 4) is 6.19 Å². The van der Waals surface area contributed by atoms with E-state index in [1.807, 2.05) is 11.2 Å². The molecule has 0 aromatic rings. The Morgan fingerprint density at radius 3 is 3.12 bits per heavy atom. The van der Waals surface area contributed by atoms with Gasteiger partial charge in [-0.15, -0.1) is 4.99 Å². The van der Waals surface area contributed by atoms with Gasteiger partial charge in [-0.25, -0.2) is 0 Å². The first kappa shape index (κ1) is 13.8. The lowest BCUT2D eigenvalue weighted by molar-refractivity contribution is -0.145. The van der Waals surface area contributed by atoms with Crippen molar-refractivity contribution >= 4 is 22.9 Å². The van der Waals surface area contributed by atoms with E-state index in [2.05, 4.69) is 9.73 Å². The minimum Gasteiger partial charge on any atom is -0.469 e. The van der Waals surface area contributed by atoms with Crippen molar-refractivity contribution in [2.45, 2.75) is 12.5 Å². The molecule has 94 valence electrons. The minimum absolute atomic E-state index is 0.202. The lowest BCUT2D eigenvalue weighted by atomic mass is 10.2. The third-order valence-electron chi connectivity index (χ3n) is 2.36.